The summed E-state index contributed by atoms with van der Waals surface area (Å²) in [6.45, 7) is 1.26. The third-order valence-electron chi connectivity index (χ3n) is 4.11. The molecular formula is C14H27NS. The zero-order valence-electron chi connectivity index (χ0n) is 10.5. The molecule has 2 aliphatic rings. The molecule has 0 radical (unpaired) electrons. The van der Waals surface area contributed by atoms with Crippen LogP contribution in [0.25, 0.3) is 0 Å². The average Bonchev–Trinajstić information content (AvgIpc) is 2.83. The molecule has 2 fully saturated rings. The number of unbranched alkanes of at least 4 members (excludes halogenated alkanes) is 1. The van der Waals surface area contributed by atoms with Crippen LogP contribution in [0.1, 0.15) is 57.8 Å². The minimum absolute atomic E-state index is 0.824. The summed E-state index contributed by atoms with van der Waals surface area (Å²) in [6, 6.07) is 0.824. The lowest BCUT2D eigenvalue weighted by Crippen LogP contribution is -2.34. The Labute approximate surface area is 105 Å². The summed E-state index contributed by atoms with van der Waals surface area (Å²) in [7, 11) is 0. The lowest BCUT2D eigenvalue weighted by molar-refractivity contribution is 0.447. The largest absolute Gasteiger partial charge is 0.313 e. The molecular weight excluding hydrogens is 214 g/mol. The molecule has 1 nitrogen and oxygen atoms in total. The van der Waals surface area contributed by atoms with Gasteiger partial charge in [0.1, 0.15) is 0 Å². The van der Waals surface area contributed by atoms with Crippen molar-refractivity contribution in [3.63, 3.8) is 0 Å². The summed E-state index contributed by atoms with van der Waals surface area (Å²) >= 11 is 2.12. The SMILES string of the molecule is C(CCC1CCCC1)CNC1CCCSC1. The van der Waals surface area contributed by atoms with Crippen molar-refractivity contribution in [3.05, 3.63) is 0 Å². The van der Waals surface area contributed by atoms with Gasteiger partial charge in [-0.05, 0) is 37.5 Å². The quantitative estimate of drug-likeness (QED) is 0.709. The molecule has 0 bridgehead atoms. The normalized spacial score (nSPS) is 27.4. The monoisotopic (exact) mass is 241 g/mol. The van der Waals surface area contributed by atoms with E-state index in [2.05, 4.69) is 17.1 Å². The van der Waals surface area contributed by atoms with Gasteiger partial charge in [-0.25, -0.2) is 0 Å². The summed E-state index contributed by atoms with van der Waals surface area (Å²) in [5.41, 5.74) is 0. The predicted octanol–water partition coefficient (Wildman–Crippen LogP) is 3.83. The number of hydrogen-bond acceptors (Lipinski definition) is 2. The van der Waals surface area contributed by atoms with E-state index < -0.39 is 0 Å². The second-order valence-corrected chi connectivity index (χ2v) is 6.66. The predicted molar refractivity (Wildman–Crippen MR) is 74.2 cm³/mol. The van der Waals surface area contributed by atoms with E-state index in [1.165, 1.54) is 75.8 Å². The number of rotatable bonds is 6. The zero-order valence-corrected chi connectivity index (χ0v) is 11.4. The van der Waals surface area contributed by atoms with E-state index in [9.17, 15) is 0 Å². The number of nitrogens with one attached hydrogen (secondary N) is 1. The zero-order chi connectivity index (χ0) is 11.1. The second-order valence-electron chi connectivity index (χ2n) is 5.51. The maximum absolute atomic E-state index is 3.73. The molecule has 2 heteroatoms. The van der Waals surface area contributed by atoms with Gasteiger partial charge < -0.3 is 5.32 Å². The van der Waals surface area contributed by atoms with Crippen LogP contribution in [0.4, 0.5) is 0 Å². The third-order valence-corrected chi connectivity index (χ3v) is 5.32. The topological polar surface area (TPSA) is 12.0 Å². The van der Waals surface area contributed by atoms with Crippen molar-refractivity contribution in [1.29, 1.82) is 0 Å². The maximum atomic E-state index is 3.73. The third kappa shape index (κ3) is 4.67. The first-order chi connectivity index (χ1) is 7.95. The van der Waals surface area contributed by atoms with Crippen LogP contribution < -0.4 is 5.32 Å². The highest BCUT2D eigenvalue weighted by atomic mass is 32.2. The van der Waals surface area contributed by atoms with Crippen molar-refractivity contribution >= 4 is 11.8 Å². The Bertz CT molecular complexity index is 172. The Morgan fingerprint density at radius 1 is 1.00 bits per heavy atom. The van der Waals surface area contributed by atoms with E-state index in [0.29, 0.717) is 0 Å². The van der Waals surface area contributed by atoms with Crippen molar-refractivity contribution in [1.82, 2.24) is 5.32 Å². The van der Waals surface area contributed by atoms with Gasteiger partial charge in [-0.1, -0.05) is 38.5 Å². The first-order valence-electron chi connectivity index (χ1n) is 7.26. The van der Waals surface area contributed by atoms with E-state index in [-0.39, 0.29) is 0 Å². The molecule has 0 amide bonds. The highest BCUT2D eigenvalue weighted by Crippen LogP contribution is 2.28. The van der Waals surface area contributed by atoms with Gasteiger partial charge in [0.05, 0.1) is 0 Å². The van der Waals surface area contributed by atoms with E-state index in [4.69, 9.17) is 0 Å². The average molecular weight is 241 g/mol. The summed E-state index contributed by atoms with van der Waals surface area (Å²) in [6.07, 6.45) is 13.2. The number of hydrogen-bond donors (Lipinski definition) is 1. The Kier molecular flexibility index (Phi) is 6.06. The van der Waals surface area contributed by atoms with E-state index in [0.717, 1.165) is 12.0 Å². The lowest BCUT2D eigenvalue weighted by atomic mass is 10.0. The molecule has 0 aromatic rings. The molecule has 16 heavy (non-hydrogen) atoms. The smallest absolute Gasteiger partial charge is 0.0158 e. The van der Waals surface area contributed by atoms with Gasteiger partial charge in [0.25, 0.3) is 0 Å². The molecule has 1 N–H and O–H groups in total. The van der Waals surface area contributed by atoms with E-state index >= 15 is 0 Å². The first-order valence-corrected chi connectivity index (χ1v) is 8.42. The van der Waals surface area contributed by atoms with Gasteiger partial charge in [-0.15, -0.1) is 0 Å². The summed E-state index contributed by atoms with van der Waals surface area (Å²) in [5.74, 6) is 3.83. The van der Waals surface area contributed by atoms with Gasteiger partial charge in [0.2, 0.25) is 0 Å². The summed E-state index contributed by atoms with van der Waals surface area (Å²) < 4.78 is 0. The summed E-state index contributed by atoms with van der Waals surface area (Å²) in [4.78, 5) is 0. The molecule has 94 valence electrons. The van der Waals surface area contributed by atoms with Crippen LogP contribution in [-0.4, -0.2) is 24.1 Å². The molecule has 2 rings (SSSR count). The van der Waals surface area contributed by atoms with Crippen LogP contribution in [0.2, 0.25) is 0 Å². The van der Waals surface area contributed by atoms with Crippen molar-refractivity contribution in [2.24, 2.45) is 5.92 Å². The van der Waals surface area contributed by atoms with Crippen LogP contribution in [0, 0.1) is 5.92 Å². The van der Waals surface area contributed by atoms with Crippen LogP contribution in [0.5, 0.6) is 0 Å². The fourth-order valence-corrected chi connectivity index (χ4v) is 4.17. The molecule has 1 aliphatic heterocycles. The second kappa shape index (κ2) is 7.60. The van der Waals surface area contributed by atoms with Gasteiger partial charge in [0, 0.05) is 11.8 Å². The minimum atomic E-state index is 0.824. The lowest BCUT2D eigenvalue weighted by Gasteiger charge is -2.22. The van der Waals surface area contributed by atoms with Crippen LogP contribution in [-0.2, 0) is 0 Å². The molecule has 1 saturated heterocycles. The maximum Gasteiger partial charge on any atom is 0.0158 e. The van der Waals surface area contributed by atoms with Crippen molar-refractivity contribution in [3.8, 4) is 0 Å². The van der Waals surface area contributed by atoms with Crippen molar-refractivity contribution in [2.75, 3.05) is 18.1 Å². The Hall–Kier alpha value is 0.310. The molecule has 1 atom stereocenters. The Morgan fingerprint density at radius 3 is 2.62 bits per heavy atom. The first kappa shape index (κ1) is 12.8. The van der Waals surface area contributed by atoms with Crippen LogP contribution >= 0.6 is 11.8 Å². The fraction of sp³-hybridized carbons (Fsp3) is 1.00. The molecule has 0 aromatic heterocycles. The van der Waals surface area contributed by atoms with E-state index in [1.54, 1.807) is 0 Å². The van der Waals surface area contributed by atoms with Crippen molar-refractivity contribution in [2.45, 2.75) is 63.8 Å². The molecule has 1 saturated carbocycles. The molecule has 1 heterocycles. The Balaban J connectivity index is 1.42. The van der Waals surface area contributed by atoms with Gasteiger partial charge in [-0.3, -0.25) is 0 Å². The minimum Gasteiger partial charge on any atom is -0.313 e. The fourth-order valence-electron chi connectivity index (χ4n) is 3.06. The highest BCUT2D eigenvalue weighted by molar-refractivity contribution is 7.99. The van der Waals surface area contributed by atoms with Crippen LogP contribution in [0.15, 0.2) is 0 Å². The highest BCUT2D eigenvalue weighted by Gasteiger charge is 2.14. The summed E-state index contributed by atoms with van der Waals surface area (Å²) in [5, 5.41) is 3.73. The van der Waals surface area contributed by atoms with Crippen LogP contribution in [0.3, 0.4) is 0 Å². The van der Waals surface area contributed by atoms with Gasteiger partial charge >= 0.3 is 0 Å². The Morgan fingerprint density at radius 2 is 1.88 bits per heavy atom. The molecule has 1 aliphatic carbocycles. The van der Waals surface area contributed by atoms with Gasteiger partial charge in [0.15, 0.2) is 0 Å². The molecule has 0 aromatic carbocycles. The molecule has 1 unspecified atom stereocenters. The van der Waals surface area contributed by atoms with Gasteiger partial charge in [-0.2, -0.15) is 11.8 Å². The number of thioether (sulfide) groups is 1. The molecule has 0 spiro atoms. The standard InChI is InChI=1S/C14H27NS/c1-2-7-13(6-1)8-3-4-10-15-14-9-5-11-16-12-14/h13-15H,1-12H2. The van der Waals surface area contributed by atoms with E-state index in [1.807, 2.05) is 0 Å². The van der Waals surface area contributed by atoms with Crippen molar-refractivity contribution < 1.29 is 0 Å².